The molecule has 4 aromatic rings. The van der Waals surface area contributed by atoms with Crippen molar-refractivity contribution in [2.45, 2.75) is 18.4 Å². The molecule has 0 aliphatic heterocycles. The molecule has 0 saturated heterocycles. The van der Waals surface area contributed by atoms with Gasteiger partial charge in [-0.15, -0.1) is 0 Å². The van der Waals surface area contributed by atoms with Crippen LogP contribution in [0.25, 0.3) is 22.5 Å². The van der Waals surface area contributed by atoms with Gasteiger partial charge in [0.05, 0.1) is 5.02 Å². The van der Waals surface area contributed by atoms with Crippen LogP contribution in [0.5, 0.6) is 0 Å². The van der Waals surface area contributed by atoms with Crippen molar-refractivity contribution in [3.8, 4) is 22.5 Å². The second kappa shape index (κ2) is 10.1. The lowest BCUT2D eigenvalue weighted by molar-refractivity contribution is -0.139. The molecular formula is C28H21Cl2NO5. The van der Waals surface area contributed by atoms with Crippen LogP contribution in [0.1, 0.15) is 22.8 Å². The Morgan fingerprint density at radius 1 is 0.917 bits per heavy atom. The number of halogens is 2. The number of carbonyl (C=O) groups excluding carboxylic acids is 1. The summed E-state index contributed by atoms with van der Waals surface area (Å²) >= 11 is 12.3. The molecule has 6 nitrogen and oxygen atoms in total. The van der Waals surface area contributed by atoms with Crippen molar-refractivity contribution < 1.29 is 23.8 Å². The lowest BCUT2D eigenvalue weighted by Gasteiger charge is -2.17. The van der Waals surface area contributed by atoms with Gasteiger partial charge in [-0.05, 0) is 52.6 Å². The summed E-state index contributed by atoms with van der Waals surface area (Å²) in [5.74, 6) is -0.515. The zero-order valence-corrected chi connectivity index (χ0v) is 20.4. The first kappa shape index (κ1) is 24.0. The van der Waals surface area contributed by atoms with E-state index in [0.29, 0.717) is 27.1 Å². The van der Waals surface area contributed by atoms with Crippen molar-refractivity contribution >= 4 is 35.3 Å². The van der Waals surface area contributed by atoms with E-state index in [9.17, 15) is 14.7 Å². The fourth-order valence-electron chi connectivity index (χ4n) is 4.50. The molecule has 0 saturated carbocycles. The van der Waals surface area contributed by atoms with Gasteiger partial charge < -0.3 is 19.6 Å². The lowest BCUT2D eigenvalue weighted by Crippen LogP contribution is -2.42. The van der Waals surface area contributed by atoms with Gasteiger partial charge in [0.1, 0.15) is 24.2 Å². The molecule has 1 amide bonds. The minimum Gasteiger partial charge on any atom is -0.480 e. The summed E-state index contributed by atoms with van der Waals surface area (Å²) in [6.45, 7) is 0.0877. The van der Waals surface area contributed by atoms with Crippen molar-refractivity contribution in [2.75, 3.05) is 6.61 Å². The number of alkyl carbamates (subject to hydrolysis) is 1. The number of hydrogen-bond donors (Lipinski definition) is 2. The summed E-state index contributed by atoms with van der Waals surface area (Å²) < 4.78 is 11.3. The molecule has 1 atom stereocenters. The number of fused-ring (bicyclic) bond motifs is 3. The number of carboxylic acids is 1. The van der Waals surface area contributed by atoms with Crippen LogP contribution in [0.4, 0.5) is 4.79 Å². The van der Waals surface area contributed by atoms with E-state index in [0.717, 1.165) is 22.3 Å². The van der Waals surface area contributed by atoms with Crippen LogP contribution in [0.15, 0.2) is 83.3 Å². The van der Waals surface area contributed by atoms with Gasteiger partial charge in [0.25, 0.3) is 0 Å². The van der Waals surface area contributed by atoms with Gasteiger partial charge >= 0.3 is 12.1 Å². The maximum absolute atomic E-state index is 12.6. The van der Waals surface area contributed by atoms with Crippen LogP contribution < -0.4 is 5.32 Å². The molecule has 36 heavy (non-hydrogen) atoms. The van der Waals surface area contributed by atoms with Gasteiger partial charge in [0.15, 0.2) is 0 Å². The molecule has 0 radical (unpaired) electrons. The average molecular weight is 522 g/mol. The van der Waals surface area contributed by atoms with Crippen molar-refractivity contribution in [2.24, 2.45) is 0 Å². The molecule has 0 fully saturated rings. The quantitative estimate of drug-likeness (QED) is 0.279. The molecule has 0 spiro atoms. The van der Waals surface area contributed by atoms with Crippen molar-refractivity contribution in [1.82, 2.24) is 5.32 Å². The van der Waals surface area contributed by atoms with Crippen LogP contribution in [0.2, 0.25) is 10.0 Å². The van der Waals surface area contributed by atoms with Crippen LogP contribution in [0, 0.1) is 0 Å². The summed E-state index contributed by atoms with van der Waals surface area (Å²) in [4.78, 5) is 24.4. The monoisotopic (exact) mass is 521 g/mol. The van der Waals surface area contributed by atoms with Gasteiger partial charge in [0.2, 0.25) is 0 Å². The van der Waals surface area contributed by atoms with Gasteiger partial charge in [-0.1, -0.05) is 71.7 Å². The Morgan fingerprint density at radius 3 is 2.25 bits per heavy atom. The Morgan fingerprint density at radius 2 is 1.58 bits per heavy atom. The number of carbonyl (C=O) groups is 2. The van der Waals surface area contributed by atoms with Crippen molar-refractivity contribution in [3.05, 3.63) is 106 Å². The predicted molar refractivity (Wildman–Crippen MR) is 137 cm³/mol. The van der Waals surface area contributed by atoms with E-state index in [4.69, 9.17) is 32.4 Å². The standard InChI is InChI=1S/C28H21Cl2NO5/c29-16-9-11-24(30)22(13-16)26-12-10-17(36-26)14-25(27(32)33)31-28(34)35-15-23-20-7-3-1-5-18(20)19-6-2-4-8-21(19)23/h1-13,23,25H,14-15H2,(H,31,34)(H,32,33). The van der Waals surface area contributed by atoms with Crippen LogP contribution in [-0.2, 0) is 16.0 Å². The smallest absolute Gasteiger partial charge is 0.407 e. The van der Waals surface area contributed by atoms with Crippen LogP contribution in [0.3, 0.4) is 0 Å². The minimum absolute atomic E-state index is 0.0717. The van der Waals surface area contributed by atoms with Crippen molar-refractivity contribution in [3.63, 3.8) is 0 Å². The number of ether oxygens (including phenoxy) is 1. The van der Waals surface area contributed by atoms with E-state index in [1.54, 1.807) is 30.3 Å². The third-order valence-corrected chi connectivity index (χ3v) is 6.76. The number of hydrogen-bond acceptors (Lipinski definition) is 4. The molecule has 5 rings (SSSR count). The summed E-state index contributed by atoms with van der Waals surface area (Å²) in [5, 5.41) is 13.1. The molecule has 1 heterocycles. The highest BCUT2D eigenvalue weighted by Gasteiger charge is 2.30. The van der Waals surface area contributed by atoms with E-state index >= 15 is 0 Å². The molecule has 3 aromatic carbocycles. The highest BCUT2D eigenvalue weighted by atomic mass is 35.5. The third-order valence-electron chi connectivity index (χ3n) is 6.19. The number of benzene rings is 3. The molecule has 1 aliphatic rings. The minimum atomic E-state index is -1.24. The molecule has 182 valence electrons. The molecule has 2 N–H and O–H groups in total. The number of aliphatic carboxylic acids is 1. The first-order chi connectivity index (χ1) is 17.4. The Bertz CT molecular complexity index is 1400. The number of carboxylic acid groups (broad SMARTS) is 1. The molecule has 0 bridgehead atoms. The molecule has 1 aromatic heterocycles. The van der Waals surface area contributed by atoms with Crippen LogP contribution >= 0.6 is 23.2 Å². The Labute approximate surface area is 217 Å². The number of furan rings is 1. The zero-order chi connectivity index (χ0) is 25.2. The van der Waals surface area contributed by atoms with Crippen LogP contribution in [-0.4, -0.2) is 29.8 Å². The topological polar surface area (TPSA) is 88.8 Å². The Kier molecular flexibility index (Phi) is 6.72. The van der Waals surface area contributed by atoms with E-state index in [2.05, 4.69) is 5.32 Å². The van der Waals surface area contributed by atoms with E-state index < -0.39 is 18.1 Å². The predicted octanol–water partition coefficient (Wildman–Crippen LogP) is 6.79. The highest BCUT2D eigenvalue weighted by Crippen LogP contribution is 2.44. The zero-order valence-electron chi connectivity index (χ0n) is 18.9. The second-order valence-electron chi connectivity index (χ2n) is 8.45. The lowest BCUT2D eigenvalue weighted by atomic mass is 9.98. The summed E-state index contributed by atoms with van der Waals surface area (Å²) in [6.07, 6.45) is -0.883. The summed E-state index contributed by atoms with van der Waals surface area (Å²) in [6, 6.07) is 23.0. The summed E-state index contributed by atoms with van der Waals surface area (Å²) in [5.41, 5.74) is 4.96. The second-order valence-corrected chi connectivity index (χ2v) is 9.30. The molecule has 1 unspecified atom stereocenters. The fourth-order valence-corrected chi connectivity index (χ4v) is 4.89. The maximum Gasteiger partial charge on any atom is 0.407 e. The van der Waals surface area contributed by atoms with Crippen molar-refractivity contribution in [1.29, 1.82) is 0 Å². The largest absolute Gasteiger partial charge is 0.480 e. The Hall–Kier alpha value is -3.74. The number of nitrogens with one attached hydrogen (secondary N) is 1. The maximum atomic E-state index is 12.6. The molecular weight excluding hydrogens is 501 g/mol. The van der Waals surface area contributed by atoms with Gasteiger partial charge in [-0.2, -0.15) is 0 Å². The normalized spacial score (nSPS) is 13.1. The van der Waals surface area contributed by atoms with Gasteiger partial charge in [0, 0.05) is 22.9 Å². The van der Waals surface area contributed by atoms with Gasteiger partial charge in [-0.25, -0.2) is 9.59 Å². The highest BCUT2D eigenvalue weighted by molar-refractivity contribution is 6.35. The first-order valence-electron chi connectivity index (χ1n) is 11.3. The van der Waals surface area contributed by atoms with E-state index in [-0.39, 0.29) is 18.9 Å². The number of rotatable bonds is 7. The Balaban J connectivity index is 1.25. The first-order valence-corrected chi connectivity index (χ1v) is 12.0. The number of amides is 1. The van der Waals surface area contributed by atoms with E-state index in [1.807, 2.05) is 48.5 Å². The summed E-state index contributed by atoms with van der Waals surface area (Å²) in [7, 11) is 0. The average Bonchev–Trinajstić information content (AvgIpc) is 3.46. The third kappa shape index (κ3) is 4.83. The fraction of sp³-hybridized carbons (Fsp3) is 0.143. The SMILES string of the molecule is O=C(NC(Cc1ccc(-c2cc(Cl)ccc2Cl)o1)C(=O)O)OCC1c2ccccc2-c2ccccc21. The van der Waals surface area contributed by atoms with E-state index in [1.165, 1.54) is 0 Å². The molecule has 1 aliphatic carbocycles. The van der Waals surface area contributed by atoms with Gasteiger partial charge in [-0.3, -0.25) is 0 Å². The molecule has 8 heteroatoms.